The van der Waals surface area contributed by atoms with Crippen LogP contribution in [0.4, 0.5) is 5.82 Å². The molecule has 4 rings (SSSR count). The molecule has 1 fully saturated rings. The van der Waals surface area contributed by atoms with E-state index in [9.17, 15) is 0 Å². The zero-order valence-electron chi connectivity index (χ0n) is 14.0. The van der Waals surface area contributed by atoms with E-state index < -0.39 is 0 Å². The minimum Gasteiger partial charge on any atom is -0.497 e. The van der Waals surface area contributed by atoms with E-state index in [1.807, 2.05) is 40.9 Å². The van der Waals surface area contributed by atoms with Gasteiger partial charge in [0.2, 0.25) is 0 Å². The number of methoxy groups -OCH3 is 1. The van der Waals surface area contributed by atoms with Gasteiger partial charge in [-0.1, -0.05) is 25.0 Å². The van der Waals surface area contributed by atoms with Crippen LogP contribution in [0.1, 0.15) is 25.7 Å². The zero-order chi connectivity index (χ0) is 16.5. The van der Waals surface area contributed by atoms with Crippen molar-refractivity contribution in [2.45, 2.75) is 31.7 Å². The predicted molar refractivity (Wildman–Crippen MR) is 93.4 cm³/mol. The van der Waals surface area contributed by atoms with Gasteiger partial charge in [-0.3, -0.25) is 0 Å². The second kappa shape index (κ2) is 6.11. The van der Waals surface area contributed by atoms with Crippen LogP contribution in [0.2, 0.25) is 0 Å². The van der Waals surface area contributed by atoms with Crippen molar-refractivity contribution in [1.29, 1.82) is 0 Å². The van der Waals surface area contributed by atoms with Gasteiger partial charge in [0.1, 0.15) is 11.6 Å². The summed E-state index contributed by atoms with van der Waals surface area (Å²) in [6, 6.07) is 12.4. The van der Waals surface area contributed by atoms with Crippen molar-refractivity contribution in [2.75, 3.05) is 19.1 Å². The number of fused-ring (bicyclic) bond motifs is 1. The van der Waals surface area contributed by atoms with Gasteiger partial charge in [-0.25, -0.2) is 0 Å². The topological polar surface area (TPSA) is 55.6 Å². The molecule has 0 saturated heterocycles. The Bertz CT molecular complexity index is 853. The highest BCUT2D eigenvalue weighted by atomic mass is 16.5. The Morgan fingerprint density at radius 1 is 1.12 bits per heavy atom. The summed E-state index contributed by atoms with van der Waals surface area (Å²) in [7, 11) is 3.79. The van der Waals surface area contributed by atoms with Crippen molar-refractivity contribution in [3.63, 3.8) is 0 Å². The second-order valence-corrected chi connectivity index (χ2v) is 6.27. The summed E-state index contributed by atoms with van der Waals surface area (Å²) in [5, 5.41) is 13.3. The predicted octanol–water partition coefficient (Wildman–Crippen LogP) is 3.18. The Hall–Kier alpha value is -2.63. The first kappa shape index (κ1) is 14.9. The van der Waals surface area contributed by atoms with Gasteiger partial charge in [-0.15, -0.1) is 15.3 Å². The molecule has 0 bridgehead atoms. The van der Waals surface area contributed by atoms with Gasteiger partial charge in [0, 0.05) is 18.7 Å². The second-order valence-electron chi connectivity index (χ2n) is 6.27. The average molecular weight is 323 g/mol. The molecule has 0 aliphatic heterocycles. The van der Waals surface area contributed by atoms with Gasteiger partial charge in [0.25, 0.3) is 0 Å². The van der Waals surface area contributed by atoms with Crippen molar-refractivity contribution in [2.24, 2.45) is 0 Å². The van der Waals surface area contributed by atoms with Gasteiger partial charge >= 0.3 is 0 Å². The Morgan fingerprint density at radius 3 is 2.75 bits per heavy atom. The van der Waals surface area contributed by atoms with E-state index in [-0.39, 0.29) is 0 Å². The Kier molecular flexibility index (Phi) is 3.80. The minimum absolute atomic E-state index is 0.576. The van der Waals surface area contributed by atoms with E-state index in [0.29, 0.717) is 6.04 Å². The van der Waals surface area contributed by atoms with Crippen molar-refractivity contribution < 1.29 is 4.74 Å². The van der Waals surface area contributed by atoms with E-state index >= 15 is 0 Å². The van der Waals surface area contributed by atoms with Gasteiger partial charge in [0.05, 0.1) is 7.11 Å². The quantitative estimate of drug-likeness (QED) is 0.738. The number of rotatable bonds is 4. The highest BCUT2D eigenvalue weighted by Crippen LogP contribution is 2.27. The Morgan fingerprint density at radius 2 is 1.96 bits per heavy atom. The maximum Gasteiger partial charge on any atom is 0.185 e. The molecule has 2 heterocycles. The smallest absolute Gasteiger partial charge is 0.185 e. The summed E-state index contributed by atoms with van der Waals surface area (Å²) in [5.41, 5.74) is 1.69. The monoisotopic (exact) mass is 323 g/mol. The molecule has 0 amide bonds. The number of hydrogen-bond acceptors (Lipinski definition) is 5. The van der Waals surface area contributed by atoms with E-state index in [1.165, 1.54) is 25.7 Å². The lowest BCUT2D eigenvalue weighted by Gasteiger charge is -2.25. The maximum absolute atomic E-state index is 5.31. The molecule has 24 heavy (non-hydrogen) atoms. The highest BCUT2D eigenvalue weighted by Gasteiger charge is 2.21. The highest BCUT2D eigenvalue weighted by molar-refractivity contribution is 5.61. The van der Waals surface area contributed by atoms with Crippen LogP contribution in [-0.4, -0.2) is 40.0 Å². The summed E-state index contributed by atoms with van der Waals surface area (Å²) < 4.78 is 7.12. The molecule has 2 aromatic heterocycles. The van der Waals surface area contributed by atoms with Crippen molar-refractivity contribution >= 4 is 11.5 Å². The van der Waals surface area contributed by atoms with Crippen molar-refractivity contribution in [3.05, 3.63) is 36.4 Å². The Balaban J connectivity index is 1.75. The van der Waals surface area contributed by atoms with Gasteiger partial charge in [0.15, 0.2) is 11.5 Å². The third-order valence-corrected chi connectivity index (χ3v) is 4.81. The number of anilines is 1. The maximum atomic E-state index is 5.31. The molecule has 0 unspecified atom stereocenters. The summed E-state index contributed by atoms with van der Waals surface area (Å²) in [5.74, 6) is 2.48. The van der Waals surface area contributed by atoms with Gasteiger partial charge in [-0.05, 0) is 37.1 Å². The first-order valence-electron chi connectivity index (χ1n) is 8.36. The molecule has 0 atom stereocenters. The van der Waals surface area contributed by atoms with E-state index in [0.717, 1.165) is 28.6 Å². The largest absolute Gasteiger partial charge is 0.497 e. The van der Waals surface area contributed by atoms with Crippen molar-refractivity contribution in [3.8, 4) is 17.1 Å². The number of ether oxygens (including phenoxy) is 1. The lowest BCUT2D eigenvalue weighted by atomic mass is 10.2. The summed E-state index contributed by atoms with van der Waals surface area (Å²) in [6.07, 6.45) is 5.08. The summed E-state index contributed by atoms with van der Waals surface area (Å²) in [4.78, 5) is 2.28. The molecule has 6 nitrogen and oxygen atoms in total. The number of benzene rings is 1. The molecule has 6 heteroatoms. The van der Waals surface area contributed by atoms with Crippen LogP contribution in [0.3, 0.4) is 0 Å². The fraction of sp³-hybridized carbons (Fsp3) is 0.389. The van der Waals surface area contributed by atoms with Crippen molar-refractivity contribution in [1.82, 2.24) is 19.8 Å². The molecular weight excluding hydrogens is 302 g/mol. The van der Waals surface area contributed by atoms with Crippen LogP contribution >= 0.6 is 0 Å². The molecule has 1 saturated carbocycles. The normalized spacial score (nSPS) is 15.1. The first-order chi connectivity index (χ1) is 11.8. The molecular formula is C18H21N5O. The minimum atomic E-state index is 0.576. The fourth-order valence-corrected chi connectivity index (χ4v) is 3.39. The van der Waals surface area contributed by atoms with Crippen LogP contribution in [0.15, 0.2) is 36.4 Å². The van der Waals surface area contributed by atoms with E-state index in [4.69, 9.17) is 9.84 Å². The molecule has 1 aliphatic carbocycles. The number of nitrogens with zero attached hydrogens (tertiary/aromatic N) is 5. The van der Waals surface area contributed by atoms with Gasteiger partial charge in [-0.2, -0.15) is 4.52 Å². The average Bonchev–Trinajstić information content (AvgIpc) is 3.30. The molecule has 0 radical (unpaired) electrons. The van der Waals surface area contributed by atoms with Crippen LogP contribution in [-0.2, 0) is 0 Å². The standard InChI is InChI=1S/C18H21N5O/c1-22(14-7-3-4-8-14)17-11-10-16-19-20-18(23(16)21-17)13-6-5-9-15(12-13)24-2/h5-6,9-12,14H,3-4,7-8H2,1-2H3. The summed E-state index contributed by atoms with van der Waals surface area (Å²) in [6.45, 7) is 0. The van der Waals surface area contributed by atoms with Crippen LogP contribution < -0.4 is 9.64 Å². The molecule has 124 valence electrons. The molecule has 0 spiro atoms. The molecule has 1 aliphatic rings. The number of hydrogen-bond donors (Lipinski definition) is 0. The number of aromatic nitrogens is 4. The lowest BCUT2D eigenvalue weighted by molar-refractivity contribution is 0.415. The zero-order valence-corrected chi connectivity index (χ0v) is 14.0. The third-order valence-electron chi connectivity index (χ3n) is 4.81. The fourth-order valence-electron chi connectivity index (χ4n) is 3.39. The molecule has 3 aromatic rings. The summed E-state index contributed by atoms with van der Waals surface area (Å²) >= 11 is 0. The lowest BCUT2D eigenvalue weighted by Crippen LogP contribution is -2.30. The SMILES string of the molecule is COc1cccc(-c2nnc3ccc(N(C)C4CCCC4)nn23)c1. The van der Waals surface area contributed by atoms with Crippen LogP contribution in [0.5, 0.6) is 5.75 Å². The Labute approximate surface area is 141 Å². The van der Waals surface area contributed by atoms with Crippen LogP contribution in [0, 0.1) is 0 Å². The van der Waals surface area contributed by atoms with E-state index in [1.54, 1.807) is 7.11 Å². The van der Waals surface area contributed by atoms with Gasteiger partial charge < -0.3 is 9.64 Å². The molecule has 0 N–H and O–H groups in total. The third kappa shape index (κ3) is 2.58. The molecule has 1 aromatic carbocycles. The first-order valence-corrected chi connectivity index (χ1v) is 8.36. The van der Waals surface area contributed by atoms with Crippen LogP contribution in [0.25, 0.3) is 17.0 Å². The van der Waals surface area contributed by atoms with E-state index in [2.05, 4.69) is 22.1 Å².